The number of amides is 2. The lowest BCUT2D eigenvalue weighted by atomic mass is 10.1. The molecule has 0 unspecified atom stereocenters. The van der Waals surface area contributed by atoms with Crippen LogP contribution in [-0.4, -0.2) is 22.0 Å². The van der Waals surface area contributed by atoms with Crippen molar-refractivity contribution in [3.8, 4) is 5.75 Å². The second-order valence-corrected chi connectivity index (χ2v) is 8.59. The van der Waals surface area contributed by atoms with Crippen LogP contribution in [0.4, 0.5) is 4.79 Å². The third kappa shape index (κ3) is 4.93. The molecule has 0 N–H and O–H groups in total. The lowest BCUT2D eigenvalue weighted by Crippen LogP contribution is -2.27. The van der Waals surface area contributed by atoms with Crippen LogP contribution in [0.3, 0.4) is 0 Å². The van der Waals surface area contributed by atoms with E-state index in [0.717, 1.165) is 17.3 Å². The van der Waals surface area contributed by atoms with Crippen LogP contribution in [0.25, 0.3) is 6.08 Å². The maximum Gasteiger partial charge on any atom is 0.343 e. The van der Waals surface area contributed by atoms with Crippen molar-refractivity contribution >= 4 is 46.6 Å². The highest BCUT2D eigenvalue weighted by molar-refractivity contribution is 8.18. The Morgan fingerprint density at radius 1 is 1.03 bits per heavy atom. The molecule has 7 heteroatoms. The predicted molar refractivity (Wildman–Crippen MR) is 126 cm³/mol. The van der Waals surface area contributed by atoms with Gasteiger partial charge in [0, 0.05) is 5.02 Å². The molecule has 0 bridgehead atoms. The van der Waals surface area contributed by atoms with E-state index in [1.165, 1.54) is 4.90 Å². The number of thioether (sulfide) groups is 1. The Morgan fingerprint density at radius 2 is 1.78 bits per heavy atom. The zero-order valence-electron chi connectivity index (χ0n) is 17.1. The number of nitrogens with zero attached hydrogens (tertiary/aromatic N) is 1. The molecule has 1 saturated heterocycles. The maximum atomic E-state index is 12.8. The minimum absolute atomic E-state index is 0.107. The molecule has 1 fully saturated rings. The summed E-state index contributed by atoms with van der Waals surface area (Å²) in [5.41, 5.74) is 2.83. The molecule has 32 heavy (non-hydrogen) atoms. The summed E-state index contributed by atoms with van der Waals surface area (Å²) < 4.78 is 5.45. The molecule has 1 aliphatic rings. The molecular weight excluding hydrogens is 446 g/mol. The number of esters is 1. The van der Waals surface area contributed by atoms with Crippen molar-refractivity contribution in [3.05, 3.63) is 105 Å². The molecule has 3 aromatic carbocycles. The number of benzene rings is 3. The Labute approximate surface area is 194 Å². The minimum atomic E-state index is -0.470. The van der Waals surface area contributed by atoms with Crippen LogP contribution in [0.1, 0.15) is 27.0 Å². The fourth-order valence-electron chi connectivity index (χ4n) is 3.11. The second-order valence-electron chi connectivity index (χ2n) is 7.19. The molecule has 0 radical (unpaired) electrons. The number of hydrogen-bond donors (Lipinski definition) is 0. The molecule has 0 saturated carbocycles. The Balaban J connectivity index is 1.49. The molecule has 3 aromatic rings. The van der Waals surface area contributed by atoms with Gasteiger partial charge in [-0.3, -0.25) is 14.5 Å². The minimum Gasteiger partial charge on any atom is -0.423 e. The van der Waals surface area contributed by atoms with Crippen molar-refractivity contribution < 1.29 is 19.1 Å². The maximum absolute atomic E-state index is 12.8. The molecule has 0 aromatic heterocycles. The van der Waals surface area contributed by atoms with Crippen LogP contribution in [-0.2, 0) is 11.3 Å². The zero-order chi connectivity index (χ0) is 22.7. The van der Waals surface area contributed by atoms with Crippen molar-refractivity contribution in [1.82, 2.24) is 4.90 Å². The summed E-state index contributed by atoms with van der Waals surface area (Å²) in [6.07, 6.45) is 1.61. The summed E-state index contributed by atoms with van der Waals surface area (Å²) in [7, 11) is 0. The van der Waals surface area contributed by atoms with E-state index in [-0.39, 0.29) is 17.7 Å². The Hall–Kier alpha value is -3.35. The number of imide groups is 1. The summed E-state index contributed by atoms with van der Waals surface area (Å²) in [5, 5.41) is 0.141. The van der Waals surface area contributed by atoms with E-state index in [4.69, 9.17) is 16.3 Å². The van der Waals surface area contributed by atoms with Crippen molar-refractivity contribution in [2.24, 2.45) is 0 Å². The monoisotopic (exact) mass is 463 g/mol. The van der Waals surface area contributed by atoms with Crippen LogP contribution in [0.15, 0.2) is 77.7 Å². The number of carbonyl (C=O) groups is 3. The number of rotatable bonds is 5. The largest absolute Gasteiger partial charge is 0.423 e. The first kappa shape index (κ1) is 21.9. The van der Waals surface area contributed by atoms with E-state index in [0.29, 0.717) is 32.4 Å². The SMILES string of the molecule is Cc1ccc(C(=O)Oc2cccc(/C=C3\SC(=O)N(Cc4ccccc4Cl)C3=O)c2)cc1. The number of aryl methyl sites for hydroxylation is 1. The topological polar surface area (TPSA) is 63.7 Å². The van der Waals surface area contributed by atoms with E-state index in [1.807, 2.05) is 19.1 Å². The van der Waals surface area contributed by atoms with Crippen LogP contribution < -0.4 is 4.74 Å². The average molecular weight is 464 g/mol. The van der Waals surface area contributed by atoms with Crippen LogP contribution in [0.5, 0.6) is 5.75 Å². The average Bonchev–Trinajstić information content (AvgIpc) is 3.03. The summed E-state index contributed by atoms with van der Waals surface area (Å²) >= 11 is 7.03. The zero-order valence-corrected chi connectivity index (χ0v) is 18.7. The predicted octanol–water partition coefficient (Wildman–Crippen LogP) is 6.10. The molecular formula is C25H18ClNO4S. The van der Waals surface area contributed by atoms with Crippen LogP contribution in [0.2, 0.25) is 5.02 Å². The number of carbonyl (C=O) groups excluding carboxylic acids is 3. The fourth-order valence-corrected chi connectivity index (χ4v) is 4.14. The lowest BCUT2D eigenvalue weighted by molar-refractivity contribution is -0.123. The molecule has 160 valence electrons. The Morgan fingerprint density at radius 3 is 2.53 bits per heavy atom. The van der Waals surface area contributed by atoms with E-state index < -0.39 is 5.97 Å². The molecule has 0 aliphatic carbocycles. The third-order valence-electron chi connectivity index (χ3n) is 4.81. The Kier molecular flexibility index (Phi) is 6.44. The van der Waals surface area contributed by atoms with Gasteiger partial charge in [0.2, 0.25) is 0 Å². The summed E-state index contributed by atoms with van der Waals surface area (Å²) in [6.45, 7) is 2.05. The van der Waals surface area contributed by atoms with E-state index >= 15 is 0 Å². The normalized spacial score (nSPS) is 14.8. The van der Waals surface area contributed by atoms with E-state index in [2.05, 4.69) is 0 Å². The van der Waals surface area contributed by atoms with Gasteiger partial charge in [0.05, 0.1) is 17.0 Å². The molecule has 0 atom stereocenters. The highest BCUT2D eigenvalue weighted by atomic mass is 35.5. The summed E-state index contributed by atoms with van der Waals surface area (Å²) in [4.78, 5) is 39.0. The summed E-state index contributed by atoms with van der Waals surface area (Å²) in [5.74, 6) is -0.510. The standard InChI is InChI=1S/C25H18ClNO4S/c1-16-9-11-18(12-10-16)24(29)31-20-7-4-5-17(13-20)14-22-23(28)27(25(30)32-22)15-19-6-2-3-8-21(19)26/h2-14H,15H2,1H3/b22-14-. The van der Waals surface area contributed by atoms with Gasteiger partial charge in [0.15, 0.2) is 0 Å². The van der Waals surface area contributed by atoms with Crippen molar-refractivity contribution in [1.29, 1.82) is 0 Å². The quantitative estimate of drug-likeness (QED) is 0.260. The summed E-state index contributed by atoms with van der Waals surface area (Å²) in [6, 6.07) is 21.0. The first-order valence-corrected chi connectivity index (χ1v) is 11.0. The number of halogens is 1. The van der Waals surface area contributed by atoms with Gasteiger partial charge < -0.3 is 4.74 Å². The molecule has 4 rings (SSSR count). The highest BCUT2D eigenvalue weighted by Gasteiger charge is 2.35. The van der Waals surface area contributed by atoms with Gasteiger partial charge in [-0.2, -0.15) is 0 Å². The third-order valence-corrected chi connectivity index (χ3v) is 6.09. The van der Waals surface area contributed by atoms with Crippen molar-refractivity contribution in [3.63, 3.8) is 0 Å². The molecule has 2 amide bonds. The first-order valence-electron chi connectivity index (χ1n) is 9.78. The van der Waals surface area contributed by atoms with Crippen LogP contribution in [0, 0.1) is 6.92 Å². The number of hydrogen-bond acceptors (Lipinski definition) is 5. The van der Waals surface area contributed by atoms with E-state index in [1.54, 1.807) is 66.7 Å². The smallest absolute Gasteiger partial charge is 0.343 e. The molecule has 1 aliphatic heterocycles. The highest BCUT2D eigenvalue weighted by Crippen LogP contribution is 2.34. The van der Waals surface area contributed by atoms with Crippen molar-refractivity contribution in [2.75, 3.05) is 0 Å². The van der Waals surface area contributed by atoms with Gasteiger partial charge in [-0.15, -0.1) is 0 Å². The molecule has 0 spiro atoms. The number of ether oxygens (including phenoxy) is 1. The van der Waals surface area contributed by atoms with Gasteiger partial charge in [0.25, 0.3) is 11.1 Å². The first-order chi connectivity index (χ1) is 15.4. The Bertz CT molecular complexity index is 1240. The van der Waals surface area contributed by atoms with Crippen molar-refractivity contribution in [2.45, 2.75) is 13.5 Å². The van der Waals surface area contributed by atoms with Gasteiger partial charge >= 0.3 is 5.97 Å². The molecule has 5 nitrogen and oxygen atoms in total. The molecule has 1 heterocycles. The van der Waals surface area contributed by atoms with E-state index in [9.17, 15) is 14.4 Å². The van der Waals surface area contributed by atoms with Crippen LogP contribution >= 0.6 is 23.4 Å². The van der Waals surface area contributed by atoms with Gasteiger partial charge in [-0.05, 0) is 66.2 Å². The lowest BCUT2D eigenvalue weighted by Gasteiger charge is -2.13. The van der Waals surface area contributed by atoms with Gasteiger partial charge in [-0.1, -0.05) is 59.6 Å². The van der Waals surface area contributed by atoms with Gasteiger partial charge in [-0.25, -0.2) is 4.79 Å². The second kappa shape index (κ2) is 9.42. The fraction of sp³-hybridized carbons (Fsp3) is 0.0800. The van der Waals surface area contributed by atoms with Gasteiger partial charge in [0.1, 0.15) is 5.75 Å².